The molecule has 0 bridgehead atoms. The lowest BCUT2D eigenvalue weighted by Crippen LogP contribution is -2.29. The van der Waals surface area contributed by atoms with Gasteiger partial charge in [0.1, 0.15) is 0 Å². The van der Waals surface area contributed by atoms with Gasteiger partial charge in [-0.2, -0.15) is 5.10 Å². The lowest BCUT2D eigenvalue weighted by atomic mass is 9.91. The molecule has 0 spiro atoms. The maximum absolute atomic E-state index is 12.8. The van der Waals surface area contributed by atoms with Crippen molar-refractivity contribution < 1.29 is 9.59 Å². The highest BCUT2D eigenvalue weighted by molar-refractivity contribution is 6.06. The van der Waals surface area contributed by atoms with Gasteiger partial charge in [0, 0.05) is 24.8 Å². The molecule has 1 aromatic carbocycles. The second kappa shape index (κ2) is 6.27. The number of aromatic nitrogens is 2. The summed E-state index contributed by atoms with van der Waals surface area (Å²) >= 11 is 0. The van der Waals surface area contributed by atoms with Crippen LogP contribution in [0.4, 0.5) is 5.69 Å². The van der Waals surface area contributed by atoms with Crippen LogP contribution in [0.5, 0.6) is 0 Å². The minimum atomic E-state index is -0.412. The fourth-order valence-corrected chi connectivity index (χ4v) is 4.15. The van der Waals surface area contributed by atoms with E-state index in [4.69, 9.17) is 0 Å². The van der Waals surface area contributed by atoms with E-state index in [1.54, 1.807) is 11.9 Å². The van der Waals surface area contributed by atoms with E-state index in [2.05, 4.69) is 15.5 Å². The van der Waals surface area contributed by atoms with Crippen molar-refractivity contribution in [1.82, 2.24) is 15.1 Å². The highest BCUT2D eigenvalue weighted by Gasteiger charge is 2.35. The molecule has 1 unspecified atom stereocenters. The van der Waals surface area contributed by atoms with E-state index < -0.39 is 5.92 Å². The van der Waals surface area contributed by atoms with E-state index in [1.165, 1.54) is 11.3 Å². The zero-order valence-electron chi connectivity index (χ0n) is 15.5. The Labute approximate surface area is 153 Å². The van der Waals surface area contributed by atoms with Gasteiger partial charge in [-0.15, -0.1) is 0 Å². The van der Waals surface area contributed by atoms with Gasteiger partial charge < -0.3 is 10.2 Å². The van der Waals surface area contributed by atoms with Crippen LogP contribution in [0.25, 0.3) is 0 Å². The molecule has 1 atom stereocenters. The smallest absolute Gasteiger partial charge is 0.232 e. The third-order valence-corrected chi connectivity index (χ3v) is 5.67. The summed E-state index contributed by atoms with van der Waals surface area (Å²) in [4.78, 5) is 26.9. The number of rotatable bonds is 4. The summed E-state index contributed by atoms with van der Waals surface area (Å²) in [5.41, 5.74) is 7.36. The summed E-state index contributed by atoms with van der Waals surface area (Å²) in [6.07, 6.45) is 3.40. The highest BCUT2D eigenvalue weighted by Crippen LogP contribution is 2.39. The summed E-state index contributed by atoms with van der Waals surface area (Å²) in [6, 6.07) is 4.02. The normalized spacial score (nSPS) is 17.8. The zero-order chi connectivity index (χ0) is 18.4. The molecule has 4 rings (SSSR count). The van der Waals surface area contributed by atoms with Crippen molar-refractivity contribution in [3.05, 3.63) is 45.8 Å². The van der Waals surface area contributed by atoms with E-state index in [9.17, 15) is 9.59 Å². The largest absolute Gasteiger partial charge is 0.340 e. The first-order valence-corrected chi connectivity index (χ1v) is 9.15. The van der Waals surface area contributed by atoms with Crippen LogP contribution in [0.2, 0.25) is 0 Å². The minimum absolute atomic E-state index is 0.0337. The number of fused-ring (bicyclic) bond motifs is 2. The van der Waals surface area contributed by atoms with Crippen LogP contribution in [-0.2, 0) is 29.0 Å². The quantitative estimate of drug-likeness (QED) is 0.888. The summed E-state index contributed by atoms with van der Waals surface area (Å²) in [5.74, 6) is -0.529. The first kappa shape index (κ1) is 16.8. The van der Waals surface area contributed by atoms with E-state index in [1.807, 2.05) is 26.0 Å². The van der Waals surface area contributed by atoms with Crippen LogP contribution >= 0.6 is 0 Å². The lowest BCUT2D eigenvalue weighted by molar-refractivity contribution is -0.132. The lowest BCUT2D eigenvalue weighted by Gasteiger charge is -2.19. The van der Waals surface area contributed by atoms with Gasteiger partial charge in [0.05, 0.1) is 18.2 Å². The third kappa shape index (κ3) is 2.69. The van der Waals surface area contributed by atoms with Gasteiger partial charge in [-0.3, -0.25) is 14.7 Å². The Kier molecular flexibility index (Phi) is 4.05. The number of carbonyl (C=O) groups is 2. The molecule has 0 saturated carbocycles. The maximum Gasteiger partial charge on any atom is 0.232 e. The van der Waals surface area contributed by atoms with Crippen LogP contribution in [0, 0.1) is 13.8 Å². The second-order valence-electron chi connectivity index (χ2n) is 7.46. The molecule has 2 amide bonds. The van der Waals surface area contributed by atoms with Crippen molar-refractivity contribution in [2.75, 3.05) is 12.4 Å². The third-order valence-electron chi connectivity index (χ3n) is 5.67. The number of hydrogen-bond donors (Lipinski definition) is 2. The van der Waals surface area contributed by atoms with E-state index >= 15 is 0 Å². The molecule has 0 fully saturated rings. The van der Waals surface area contributed by atoms with Crippen molar-refractivity contribution in [2.45, 2.75) is 52.0 Å². The van der Waals surface area contributed by atoms with Crippen molar-refractivity contribution in [2.24, 2.45) is 0 Å². The molecule has 0 radical (unpaired) electrons. The molecule has 2 N–H and O–H groups in total. The minimum Gasteiger partial charge on any atom is -0.340 e. The number of nitrogens with one attached hydrogen (secondary N) is 2. The topological polar surface area (TPSA) is 78.1 Å². The summed E-state index contributed by atoms with van der Waals surface area (Å²) in [5, 5.41) is 10.4. The SMILES string of the molecule is Cc1ccc(C)c2c1NC(=O)C2CC(=O)N(C)Cc1n[nH]c2c1CCC2. The van der Waals surface area contributed by atoms with Gasteiger partial charge in [0.15, 0.2) is 0 Å². The van der Waals surface area contributed by atoms with E-state index in [0.717, 1.165) is 47.3 Å². The predicted molar refractivity (Wildman–Crippen MR) is 99.0 cm³/mol. The monoisotopic (exact) mass is 352 g/mol. The predicted octanol–water partition coefficient (Wildman–Crippen LogP) is 2.60. The fourth-order valence-electron chi connectivity index (χ4n) is 4.15. The first-order valence-electron chi connectivity index (χ1n) is 9.15. The average molecular weight is 352 g/mol. The highest BCUT2D eigenvalue weighted by atomic mass is 16.2. The summed E-state index contributed by atoms with van der Waals surface area (Å²) < 4.78 is 0. The molecule has 1 aliphatic carbocycles. The van der Waals surface area contributed by atoms with Gasteiger partial charge in [-0.05, 0) is 55.4 Å². The Morgan fingerprint density at radius 1 is 1.27 bits per heavy atom. The Morgan fingerprint density at radius 3 is 2.85 bits per heavy atom. The zero-order valence-corrected chi connectivity index (χ0v) is 15.5. The number of aromatic amines is 1. The first-order chi connectivity index (χ1) is 12.5. The Hall–Kier alpha value is -2.63. The van der Waals surface area contributed by atoms with E-state index in [0.29, 0.717) is 6.54 Å². The molecule has 136 valence electrons. The number of anilines is 1. The molecule has 6 nitrogen and oxygen atoms in total. The Morgan fingerprint density at radius 2 is 2.04 bits per heavy atom. The number of benzene rings is 1. The molecule has 2 aromatic rings. The van der Waals surface area contributed by atoms with Crippen molar-refractivity contribution in [3.8, 4) is 0 Å². The maximum atomic E-state index is 12.8. The number of aryl methyl sites for hydroxylation is 3. The molecule has 2 heterocycles. The van der Waals surface area contributed by atoms with Crippen LogP contribution < -0.4 is 5.32 Å². The van der Waals surface area contributed by atoms with Crippen LogP contribution in [0.1, 0.15) is 52.4 Å². The van der Waals surface area contributed by atoms with Crippen molar-refractivity contribution in [3.63, 3.8) is 0 Å². The van der Waals surface area contributed by atoms with Crippen molar-refractivity contribution >= 4 is 17.5 Å². The molecule has 26 heavy (non-hydrogen) atoms. The molecular weight excluding hydrogens is 328 g/mol. The molecule has 6 heteroatoms. The number of amides is 2. The second-order valence-corrected chi connectivity index (χ2v) is 7.46. The van der Waals surface area contributed by atoms with Gasteiger partial charge in [0.25, 0.3) is 0 Å². The number of hydrogen-bond acceptors (Lipinski definition) is 3. The number of carbonyl (C=O) groups excluding carboxylic acids is 2. The Bertz CT molecular complexity index is 899. The van der Waals surface area contributed by atoms with Crippen molar-refractivity contribution in [1.29, 1.82) is 0 Å². The van der Waals surface area contributed by atoms with Gasteiger partial charge >= 0.3 is 0 Å². The van der Waals surface area contributed by atoms with Gasteiger partial charge in [0.2, 0.25) is 11.8 Å². The van der Waals surface area contributed by atoms with Crippen LogP contribution in [-0.4, -0.2) is 34.0 Å². The summed E-state index contributed by atoms with van der Waals surface area (Å²) in [6.45, 7) is 4.46. The average Bonchev–Trinajstić information content (AvgIpc) is 3.29. The number of nitrogens with zero attached hydrogens (tertiary/aromatic N) is 2. The standard InChI is InChI=1S/C20H24N4O2/c1-11-7-8-12(2)19-18(11)14(20(26)21-19)9-17(25)24(3)10-16-13-5-4-6-15(13)22-23-16/h7-8,14H,4-6,9-10H2,1-3H3,(H,21,26)(H,22,23). The molecular formula is C20H24N4O2. The molecule has 1 aliphatic heterocycles. The van der Waals surface area contributed by atoms with E-state index in [-0.39, 0.29) is 18.2 Å². The van der Waals surface area contributed by atoms with Crippen LogP contribution in [0.15, 0.2) is 12.1 Å². The fraction of sp³-hybridized carbons (Fsp3) is 0.450. The molecule has 2 aliphatic rings. The number of H-pyrrole nitrogens is 1. The summed E-state index contributed by atoms with van der Waals surface area (Å²) in [7, 11) is 1.79. The van der Waals surface area contributed by atoms with Gasteiger partial charge in [-0.1, -0.05) is 12.1 Å². The molecule has 1 aromatic heterocycles. The van der Waals surface area contributed by atoms with Crippen LogP contribution in [0.3, 0.4) is 0 Å². The van der Waals surface area contributed by atoms with Gasteiger partial charge in [-0.25, -0.2) is 0 Å². The molecule has 0 saturated heterocycles. The Balaban J connectivity index is 1.50.